The third-order valence-corrected chi connectivity index (χ3v) is 4.74. The molecule has 2 rings (SSSR count). The molecule has 4 N–H and O–H groups in total. The van der Waals surface area contributed by atoms with Gasteiger partial charge >= 0.3 is 19.2 Å². The lowest BCUT2D eigenvalue weighted by molar-refractivity contribution is -0.157. The van der Waals surface area contributed by atoms with Crippen LogP contribution in [0.25, 0.3) is 0 Å². The first-order valence-electron chi connectivity index (χ1n) is 11.7. The minimum Gasteiger partial charge on any atom is -0.458 e. The molecule has 0 spiro atoms. The van der Waals surface area contributed by atoms with E-state index in [1.165, 1.54) is 12.1 Å². The second-order valence-electron chi connectivity index (χ2n) is 10.4. The van der Waals surface area contributed by atoms with Gasteiger partial charge in [-0.2, -0.15) is 0 Å². The number of hydrogen-bond acceptors (Lipinski definition) is 7. The van der Waals surface area contributed by atoms with E-state index in [0.717, 1.165) is 5.56 Å². The Hall–Kier alpha value is -3.37. The zero-order valence-corrected chi connectivity index (χ0v) is 21.6. The average molecular weight is 498 g/mol. The number of rotatable bonds is 8. The van der Waals surface area contributed by atoms with Crippen molar-refractivity contribution < 1.29 is 33.9 Å². The molecule has 0 aromatic heterocycles. The highest BCUT2D eigenvalue weighted by molar-refractivity contribution is 6.58. The fourth-order valence-electron chi connectivity index (χ4n) is 3.23. The molecule has 0 saturated heterocycles. The Balaban J connectivity index is 2.11. The number of anilines is 1. The first-order chi connectivity index (χ1) is 16.6. The zero-order valence-electron chi connectivity index (χ0n) is 21.6. The summed E-state index contributed by atoms with van der Waals surface area (Å²) in [6.07, 6.45) is -0.107. The van der Waals surface area contributed by atoms with Gasteiger partial charge in [0.25, 0.3) is 5.91 Å². The van der Waals surface area contributed by atoms with Crippen molar-refractivity contribution in [1.82, 2.24) is 5.32 Å². The van der Waals surface area contributed by atoms with Crippen molar-refractivity contribution in [3.05, 3.63) is 59.7 Å². The smallest absolute Gasteiger partial charge is 0.458 e. The summed E-state index contributed by atoms with van der Waals surface area (Å²) in [6, 6.07) is 12.2. The van der Waals surface area contributed by atoms with Crippen molar-refractivity contribution in [2.45, 2.75) is 71.6 Å². The van der Waals surface area contributed by atoms with Crippen LogP contribution in [0.1, 0.15) is 63.9 Å². The Kier molecular flexibility index (Phi) is 9.66. The summed E-state index contributed by atoms with van der Waals surface area (Å²) in [7, 11) is -1.64. The molecule has 2 amide bonds. The molecule has 0 heterocycles. The second-order valence-corrected chi connectivity index (χ2v) is 10.4. The first kappa shape index (κ1) is 28.9. The standard InChI is InChI=1S/C26H35BN2O7/c1-25(2,3)35-23(31)21(29-24(32)36-26(4,5)6)14-13-17-9-7-10-18(15-17)22(30)28-20-12-8-11-19(16-20)27(33)34/h7-12,15-16,21,33-34H,13-14H2,1-6H3,(H,28,30)(H,29,32)/t21-/m0/s1. The molecule has 0 aliphatic heterocycles. The van der Waals surface area contributed by atoms with E-state index in [1.807, 2.05) is 6.07 Å². The third-order valence-electron chi connectivity index (χ3n) is 4.74. The van der Waals surface area contributed by atoms with Crippen molar-refractivity contribution in [3.63, 3.8) is 0 Å². The summed E-state index contributed by atoms with van der Waals surface area (Å²) in [5, 5.41) is 24.0. The number of aryl methyl sites for hydroxylation is 1. The van der Waals surface area contributed by atoms with Gasteiger partial charge in [0.1, 0.15) is 17.2 Å². The van der Waals surface area contributed by atoms with Crippen molar-refractivity contribution in [3.8, 4) is 0 Å². The molecule has 10 heteroatoms. The number of benzene rings is 2. The Morgan fingerprint density at radius 2 is 1.56 bits per heavy atom. The lowest BCUT2D eigenvalue weighted by Gasteiger charge is -2.26. The third kappa shape index (κ3) is 10.1. The SMILES string of the molecule is CC(C)(C)OC(=O)N[C@@H](CCc1cccc(C(=O)Nc2cccc(B(O)O)c2)c1)C(=O)OC(C)(C)C. The molecule has 36 heavy (non-hydrogen) atoms. The second kappa shape index (κ2) is 12.1. The van der Waals surface area contributed by atoms with Crippen molar-refractivity contribution in [2.24, 2.45) is 0 Å². The van der Waals surface area contributed by atoms with Gasteiger partial charge in [0.05, 0.1) is 0 Å². The van der Waals surface area contributed by atoms with Crippen molar-refractivity contribution in [2.75, 3.05) is 5.32 Å². The van der Waals surface area contributed by atoms with E-state index in [0.29, 0.717) is 17.7 Å². The van der Waals surface area contributed by atoms with Gasteiger partial charge in [0.2, 0.25) is 0 Å². The summed E-state index contributed by atoms with van der Waals surface area (Å²) in [4.78, 5) is 37.8. The van der Waals surface area contributed by atoms with Crippen LogP contribution in [0.2, 0.25) is 0 Å². The van der Waals surface area contributed by atoms with E-state index < -0.39 is 36.4 Å². The molecule has 0 radical (unpaired) electrons. The molecule has 0 unspecified atom stereocenters. The molecule has 0 bridgehead atoms. The van der Waals surface area contributed by atoms with Gasteiger partial charge in [-0.1, -0.05) is 24.3 Å². The Labute approximate surface area is 212 Å². The molecule has 0 aliphatic carbocycles. The van der Waals surface area contributed by atoms with E-state index in [2.05, 4.69) is 10.6 Å². The van der Waals surface area contributed by atoms with Gasteiger partial charge < -0.3 is 30.2 Å². The van der Waals surface area contributed by atoms with Crippen molar-refractivity contribution >= 4 is 36.2 Å². The minimum absolute atomic E-state index is 0.232. The molecule has 9 nitrogen and oxygen atoms in total. The van der Waals surface area contributed by atoms with Crippen LogP contribution >= 0.6 is 0 Å². The molecule has 1 atom stereocenters. The summed E-state index contributed by atoms with van der Waals surface area (Å²) in [5.74, 6) is -0.954. The molecule has 0 aliphatic rings. The summed E-state index contributed by atoms with van der Waals surface area (Å²) >= 11 is 0. The summed E-state index contributed by atoms with van der Waals surface area (Å²) in [5.41, 5.74) is 0.388. The maximum absolute atomic E-state index is 12.7. The molecule has 0 saturated carbocycles. The monoisotopic (exact) mass is 498 g/mol. The maximum atomic E-state index is 12.7. The maximum Gasteiger partial charge on any atom is 0.488 e. The molecular formula is C26H35BN2O7. The highest BCUT2D eigenvalue weighted by atomic mass is 16.6. The first-order valence-corrected chi connectivity index (χ1v) is 11.7. The van der Waals surface area contributed by atoms with Crippen LogP contribution in [0.5, 0.6) is 0 Å². The number of carbonyl (C=O) groups is 3. The molecule has 0 fully saturated rings. The number of nitrogens with one attached hydrogen (secondary N) is 2. The average Bonchev–Trinajstić information content (AvgIpc) is 2.74. The normalized spacial score (nSPS) is 12.3. The van der Waals surface area contributed by atoms with E-state index in [9.17, 15) is 24.4 Å². The van der Waals surface area contributed by atoms with E-state index >= 15 is 0 Å². The van der Waals surface area contributed by atoms with Crippen LogP contribution in [0.4, 0.5) is 10.5 Å². The van der Waals surface area contributed by atoms with E-state index in [-0.39, 0.29) is 17.8 Å². The number of alkyl carbamates (subject to hydrolysis) is 1. The van der Waals surface area contributed by atoms with Gasteiger partial charge in [-0.05, 0) is 89.7 Å². The predicted octanol–water partition coefficient (Wildman–Crippen LogP) is 2.79. The van der Waals surface area contributed by atoms with Crippen LogP contribution < -0.4 is 16.1 Å². The van der Waals surface area contributed by atoms with Crippen LogP contribution in [-0.2, 0) is 20.7 Å². The van der Waals surface area contributed by atoms with Gasteiger partial charge in [-0.15, -0.1) is 0 Å². The number of esters is 1. The minimum atomic E-state index is -1.64. The highest BCUT2D eigenvalue weighted by Gasteiger charge is 2.28. The Morgan fingerprint density at radius 1 is 0.917 bits per heavy atom. The molecule has 2 aromatic carbocycles. The van der Waals surface area contributed by atoms with Gasteiger partial charge in [0.15, 0.2) is 0 Å². The Bertz CT molecular complexity index is 1070. The molecular weight excluding hydrogens is 463 g/mol. The summed E-state index contributed by atoms with van der Waals surface area (Å²) in [6.45, 7) is 10.4. The lowest BCUT2D eigenvalue weighted by atomic mass is 9.80. The van der Waals surface area contributed by atoms with Gasteiger partial charge in [0, 0.05) is 11.3 Å². The van der Waals surface area contributed by atoms with Gasteiger partial charge in [-0.25, -0.2) is 9.59 Å². The van der Waals surface area contributed by atoms with Crippen LogP contribution in [-0.4, -0.2) is 52.4 Å². The number of carbonyl (C=O) groups excluding carboxylic acids is 3. The zero-order chi connectivity index (χ0) is 27.1. The number of amides is 2. The largest absolute Gasteiger partial charge is 0.488 e. The quantitative estimate of drug-likeness (QED) is 0.325. The number of hydrogen-bond donors (Lipinski definition) is 4. The molecule has 2 aromatic rings. The van der Waals surface area contributed by atoms with Crippen LogP contribution in [0.15, 0.2) is 48.5 Å². The van der Waals surface area contributed by atoms with Crippen molar-refractivity contribution in [1.29, 1.82) is 0 Å². The lowest BCUT2D eigenvalue weighted by Crippen LogP contribution is -2.46. The van der Waals surface area contributed by atoms with E-state index in [1.54, 1.807) is 71.9 Å². The highest BCUT2D eigenvalue weighted by Crippen LogP contribution is 2.16. The van der Waals surface area contributed by atoms with E-state index in [4.69, 9.17) is 9.47 Å². The molecule has 194 valence electrons. The fraction of sp³-hybridized carbons (Fsp3) is 0.423. The van der Waals surface area contributed by atoms with Crippen LogP contribution in [0.3, 0.4) is 0 Å². The predicted molar refractivity (Wildman–Crippen MR) is 138 cm³/mol. The fourth-order valence-corrected chi connectivity index (χ4v) is 3.23. The topological polar surface area (TPSA) is 134 Å². The van der Waals surface area contributed by atoms with Gasteiger partial charge in [-0.3, -0.25) is 4.79 Å². The Morgan fingerprint density at radius 3 is 2.17 bits per heavy atom. The summed E-state index contributed by atoms with van der Waals surface area (Å²) < 4.78 is 10.8. The van der Waals surface area contributed by atoms with Crippen LogP contribution in [0, 0.1) is 0 Å². The number of ether oxygens (including phenoxy) is 2.